The van der Waals surface area contributed by atoms with Crippen LogP contribution in [0.5, 0.6) is 0 Å². The zero-order valence-corrected chi connectivity index (χ0v) is 15.1. The first kappa shape index (κ1) is 23.7. The van der Waals surface area contributed by atoms with E-state index < -0.39 is 29.7 Å². The summed E-state index contributed by atoms with van der Waals surface area (Å²) in [4.78, 5) is 25.0. The van der Waals surface area contributed by atoms with Gasteiger partial charge in [-0.3, -0.25) is 9.59 Å². The van der Waals surface area contributed by atoms with Crippen LogP contribution in [-0.2, 0) is 16.0 Å². The number of amides is 2. The molecule has 3 N–H and O–H groups in total. The summed E-state index contributed by atoms with van der Waals surface area (Å²) < 4.78 is 70.7. The van der Waals surface area contributed by atoms with Crippen LogP contribution in [0.15, 0.2) is 12.1 Å². The third-order valence-corrected chi connectivity index (χ3v) is 3.62. The van der Waals surface area contributed by atoms with Gasteiger partial charge >= 0.3 is 6.18 Å². The summed E-state index contributed by atoms with van der Waals surface area (Å²) in [5.74, 6) is -3.90. The molecule has 158 valence electrons. The van der Waals surface area contributed by atoms with Crippen molar-refractivity contribution in [2.45, 2.75) is 38.4 Å². The van der Waals surface area contributed by atoms with E-state index in [1.165, 1.54) is 4.90 Å². The molecule has 2 amide bonds. The number of hydrogen-bond acceptors (Lipinski definition) is 3. The SMILES string of the molecule is CC(F)(F)F.N[C@@H](CC(=O)N1CCCNC(=O)C1)Cc1cc(F)c(F)cc1F. The first-order valence-electron chi connectivity index (χ1n) is 8.37. The van der Waals surface area contributed by atoms with Gasteiger partial charge in [0.05, 0.1) is 6.54 Å². The van der Waals surface area contributed by atoms with Crippen molar-refractivity contribution in [1.29, 1.82) is 0 Å². The maximum Gasteiger partial charge on any atom is 0.386 e. The molecule has 2 rings (SSSR count). The van der Waals surface area contributed by atoms with Gasteiger partial charge in [0.1, 0.15) is 5.82 Å². The van der Waals surface area contributed by atoms with E-state index in [9.17, 15) is 35.9 Å². The van der Waals surface area contributed by atoms with E-state index in [0.717, 1.165) is 6.07 Å². The second-order valence-electron chi connectivity index (χ2n) is 6.33. The molecule has 1 aromatic rings. The number of benzene rings is 1. The standard InChI is InChI=1S/C15H18F3N3O2.C2H3F3/c16-11-7-13(18)12(17)5-9(11)4-10(19)6-15(23)21-3-1-2-20-14(22)8-21;1-2(3,4)5/h5,7,10H,1-4,6,8,19H2,(H,20,22);1H3/t10-;/m1./s1. The predicted octanol–water partition coefficient (Wildman–Crippen LogP) is 2.28. The molecule has 1 atom stereocenters. The summed E-state index contributed by atoms with van der Waals surface area (Å²) in [6.07, 6.45) is -3.56. The summed E-state index contributed by atoms with van der Waals surface area (Å²) in [5, 5.41) is 2.65. The Labute approximate surface area is 157 Å². The molecule has 28 heavy (non-hydrogen) atoms. The van der Waals surface area contributed by atoms with E-state index in [1.807, 2.05) is 0 Å². The number of nitrogens with two attached hydrogens (primary N) is 1. The van der Waals surface area contributed by atoms with Crippen LogP contribution in [0, 0.1) is 17.5 Å². The number of nitrogens with one attached hydrogen (secondary N) is 1. The third-order valence-electron chi connectivity index (χ3n) is 3.62. The Morgan fingerprint density at radius 2 is 1.79 bits per heavy atom. The van der Waals surface area contributed by atoms with Crippen molar-refractivity contribution in [2.75, 3.05) is 19.6 Å². The van der Waals surface area contributed by atoms with Crippen molar-refractivity contribution in [2.24, 2.45) is 5.73 Å². The lowest BCUT2D eigenvalue weighted by molar-refractivity contribution is -0.135. The Kier molecular flexibility index (Phi) is 8.73. The molecule has 1 aliphatic heterocycles. The van der Waals surface area contributed by atoms with Crippen LogP contribution in [0.25, 0.3) is 0 Å². The van der Waals surface area contributed by atoms with E-state index in [2.05, 4.69) is 5.32 Å². The average molecular weight is 413 g/mol. The number of nitrogens with zero attached hydrogens (tertiary/aromatic N) is 1. The summed E-state index contributed by atoms with van der Waals surface area (Å²) in [5.41, 5.74) is 5.73. The molecule has 1 fully saturated rings. The largest absolute Gasteiger partial charge is 0.386 e. The van der Waals surface area contributed by atoms with Crippen LogP contribution in [0.1, 0.15) is 25.3 Å². The number of carbonyl (C=O) groups excluding carboxylic acids is 2. The highest BCUT2D eigenvalue weighted by Crippen LogP contribution is 2.16. The minimum atomic E-state index is -4.00. The molecular formula is C17H21F6N3O2. The Balaban J connectivity index is 0.000000696. The maximum atomic E-state index is 13.6. The van der Waals surface area contributed by atoms with Crippen molar-refractivity contribution in [3.8, 4) is 0 Å². The molecule has 1 aromatic carbocycles. The molecule has 0 unspecified atom stereocenters. The van der Waals surface area contributed by atoms with Gasteiger partial charge in [0.2, 0.25) is 11.8 Å². The van der Waals surface area contributed by atoms with Gasteiger partial charge in [-0.2, -0.15) is 13.2 Å². The van der Waals surface area contributed by atoms with Gasteiger partial charge in [-0.15, -0.1) is 0 Å². The number of carbonyl (C=O) groups is 2. The molecule has 1 aliphatic rings. The van der Waals surface area contributed by atoms with Gasteiger partial charge in [0, 0.05) is 38.5 Å². The van der Waals surface area contributed by atoms with Crippen molar-refractivity contribution < 1.29 is 35.9 Å². The first-order valence-corrected chi connectivity index (χ1v) is 8.37. The van der Waals surface area contributed by atoms with E-state index in [1.54, 1.807) is 0 Å². The van der Waals surface area contributed by atoms with Gasteiger partial charge in [0.25, 0.3) is 0 Å². The summed E-state index contributed by atoms with van der Waals surface area (Å²) in [6, 6.07) is 0.445. The van der Waals surface area contributed by atoms with E-state index >= 15 is 0 Å². The van der Waals surface area contributed by atoms with Crippen LogP contribution in [0.4, 0.5) is 26.3 Å². The third kappa shape index (κ3) is 9.07. The van der Waals surface area contributed by atoms with Gasteiger partial charge in [-0.25, -0.2) is 13.2 Å². The van der Waals surface area contributed by atoms with Crippen LogP contribution < -0.4 is 11.1 Å². The van der Waals surface area contributed by atoms with Crippen molar-refractivity contribution >= 4 is 11.8 Å². The predicted molar refractivity (Wildman–Crippen MR) is 88.5 cm³/mol. The number of alkyl halides is 3. The van der Waals surface area contributed by atoms with Crippen molar-refractivity contribution in [3.63, 3.8) is 0 Å². The second-order valence-corrected chi connectivity index (χ2v) is 6.33. The summed E-state index contributed by atoms with van der Waals surface area (Å²) in [6.45, 7) is 1.09. The Bertz CT molecular complexity index is 690. The maximum absolute atomic E-state index is 13.6. The average Bonchev–Trinajstić information content (AvgIpc) is 2.75. The van der Waals surface area contributed by atoms with Crippen LogP contribution >= 0.6 is 0 Å². The summed E-state index contributed by atoms with van der Waals surface area (Å²) >= 11 is 0. The molecule has 5 nitrogen and oxygen atoms in total. The minimum absolute atomic E-state index is 0.0366. The fraction of sp³-hybridized carbons (Fsp3) is 0.529. The Hall–Kier alpha value is -2.30. The number of hydrogen-bond donors (Lipinski definition) is 2. The lowest BCUT2D eigenvalue weighted by Gasteiger charge is -2.21. The monoisotopic (exact) mass is 413 g/mol. The van der Waals surface area contributed by atoms with E-state index in [-0.39, 0.29) is 43.7 Å². The topological polar surface area (TPSA) is 75.4 Å². The molecule has 0 aliphatic carbocycles. The quantitative estimate of drug-likeness (QED) is 0.588. The first-order chi connectivity index (χ1) is 12.9. The molecule has 1 saturated heterocycles. The molecule has 0 saturated carbocycles. The highest BCUT2D eigenvalue weighted by molar-refractivity contribution is 5.85. The van der Waals surface area contributed by atoms with Gasteiger partial charge < -0.3 is 16.0 Å². The van der Waals surface area contributed by atoms with E-state index in [4.69, 9.17) is 5.73 Å². The Morgan fingerprint density at radius 1 is 1.21 bits per heavy atom. The van der Waals surface area contributed by atoms with Crippen molar-refractivity contribution in [1.82, 2.24) is 10.2 Å². The van der Waals surface area contributed by atoms with Crippen LogP contribution in [-0.4, -0.2) is 48.6 Å². The molecule has 1 heterocycles. The molecule has 11 heteroatoms. The zero-order chi connectivity index (χ0) is 21.5. The lowest BCUT2D eigenvalue weighted by atomic mass is 10.0. The zero-order valence-electron chi connectivity index (χ0n) is 15.1. The smallest absolute Gasteiger partial charge is 0.354 e. The minimum Gasteiger partial charge on any atom is -0.354 e. The lowest BCUT2D eigenvalue weighted by Crippen LogP contribution is -2.40. The molecule has 0 radical (unpaired) electrons. The molecular weight excluding hydrogens is 392 g/mol. The van der Waals surface area contributed by atoms with Gasteiger partial charge in [-0.1, -0.05) is 0 Å². The normalized spacial score (nSPS) is 15.9. The fourth-order valence-electron chi connectivity index (χ4n) is 2.45. The molecule has 0 bridgehead atoms. The van der Waals surface area contributed by atoms with E-state index in [0.29, 0.717) is 25.6 Å². The summed E-state index contributed by atoms with van der Waals surface area (Å²) in [7, 11) is 0. The Morgan fingerprint density at radius 3 is 2.39 bits per heavy atom. The highest BCUT2D eigenvalue weighted by atomic mass is 19.4. The number of rotatable bonds is 4. The van der Waals surface area contributed by atoms with Gasteiger partial charge in [-0.05, 0) is 24.5 Å². The fourth-order valence-corrected chi connectivity index (χ4v) is 2.45. The molecule has 0 aromatic heterocycles. The second kappa shape index (κ2) is 10.3. The van der Waals surface area contributed by atoms with Gasteiger partial charge in [0.15, 0.2) is 11.6 Å². The van der Waals surface area contributed by atoms with Crippen LogP contribution in [0.2, 0.25) is 0 Å². The molecule has 0 spiro atoms. The van der Waals surface area contributed by atoms with Crippen molar-refractivity contribution in [3.05, 3.63) is 35.1 Å². The number of halogens is 6. The van der Waals surface area contributed by atoms with Crippen LogP contribution in [0.3, 0.4) is 0 Å². The highest BCUT2D eigenvalue weighted by Gasteiger charge is 2.22.